The van der Waals surface area contributed by atoms with Gasteiger partial charge in [0.25, 0.3) is 0 Å². The van der Waals surface area contributed by atoms with Crippen molar-refractivity contribution in [2.24, 2.45) is 0 Å². The second kappa shape index (κ2) is 3.53. The Morgan fingerprint density at radius 3 is 2.62 bits per heavy atom. The second-order valence-electron chi connectivity index (χ2n) is 2.28. The Morgan fingerprint density at radius 1 is 1.54 bits per heavy atom. The molecule has 0 aliphatic carbocycles. The minimum Gasteiger partial charge on any atom is -0.505 e. The van der Waals surface area contributed by atoms with Gasteiger partial charge in [-0.2, -0.15) is 0 Å². The van der Waals surface area contributed by atoms with Crippen LogP contribution in [0.2, 0.25) is 5.02 Å². The van der Waals surface area contributed by atoms with Crippen molar-refractivity contribution in [2.75, 3.05) is 7.11 Å². The number of halogens is 1. The van der Waals surface area contributed by atoms with Gasteiger partial charge in [0.1, 0.15) is 11.3 Å². The molecule has 0 bridgehead atoms. The third kappa shape index (κ3) is 1.67. The molecule has 0 heterocycles. The molecule has 0 aliphatic rings. The van der Waals surface area contributed by atoms with Crippen molar-refractivity contribution in [3.63, 3.8) is 0 Å². The van der Waals surface area contributed by atoms with Crippen LogP contribution in [0, 0.1) is 0 Å². The quantitative estimate of drug-likeness (QED) is 0.767. The molecule has 70 valence electrons. The van der Waals surface area contributed by atoms with Gasteiger partial charge >= 0.3 is 5.97 Å². The van der Waals surface area contributed by atoms with Gasteiger partial charge in [0.05, 0.1) is 12.1 Å². The Balaban J connectivity index is 3.41. The number of rotatable bonds is 2. The monoisotopic (exact) mass is 202 g/mol. The van der Waals surface area contributed by atoms with Gasteiger partial charge in [-0.05, 0) is 12.1 Å². The summed E-state index contributed by atoms with van der Waals surface area (Å²) < 4.78 is 4.74. The number of hydrogen-bond acceptors (Lipinski definition) is 3. The highest BCUT2D eigenvalue weighted by Gasteiger charge is 2.18. The van der Waals surface area contributed by atoms with E-state index in [1.807, 2.05) is 0 Å². The van der Waals surface area contributed by atoms with Crippen LogP contribution in [0.25, 0.3) is 0 Å². The number of carboxylic acid groups (broad SMARTS) is 1. The Labute approximate surface area is 79.3 Å². The molecular formula is C8H7ClO4. The highest BCUT2D eigenvalue weighted by Crippen LogP contribution is 2.33. The molecular weight excluding hydrogens is 196 g/mol. The molecule has 1 aromatic rings. The molecule has 0 aromatic heterocycles. The van der Waals surface area contributed by atoms with Crippen LogP contribution in [-0.2, 0) is 0 Å². The lowest BCUT2D eigenvalue weighted by atomic mass is 10.2. The average molecular weight is 203 g/mol. The predicted octanol–water partition coefficient (Wildman–Crippen LogP) is 1.75. The topological polar surface area (TPSA) is 66.8 Å². The van der Waals surface area contributed by atoms with Crippen LogP contribution in [0.4, 0.5) is 0 Å². The first-order valence-electron chi connectivity index (χ1n) is 3.36. The lowest BCUT2D eigenvalue weighted by Crippen LogP contribution is -2.00. The van der Waals surface area contributed by atoms with Crippen molar-refractivity contribution < 1.29 is 19.7 Å². The van der Waals surface area contributed by atoms with Crippen molar-refractivity contribution in [3.8, 4) is 11.5 Å². The van der Waals surface area contributed by atoms with Gasteiger partial charge in [0, 0.05) is 0 Å². The highest BCUT2D eigenvalue weighted by molar-refractivity contribution is 6.32. The normalized spacial score (nSPS) is 9.69. The van der Waals surface area contributed by atoms with E-state index in [1.165, 1.54) is 19.2 Å². The average Bonchev–Trinajstić information content (AvgIpc) is 2.08. The van der Waals surface area contributed by atoms with Crippen LogP contribution in [0.1, 0.15) is 10.4 Å². The fourth-order valence-corrected chi connectivity index (χ4v) is 1.08. The van der Waals surface area contributed by atoms with Gasteiger partial charge in [0.2, 0.25) is 0 Å². The summed E-state index contributed by atoms with van der Waals surface area (Å²) in [6, 6.07) is 2.74. The van der Waals surface area contributed by atoms with E-state index in [4.69, 9.17) is 21.4 Å². The third-order valence-corrected chi connectivity index (χ3v) is 1.83. The van der Waals surface area contributed by atoms with Gasteiger partial charge in [-0.3, -0.25) is 0 Å². The minimum absolute atomic E-state index is 0.0156. The molecule has 0 amide bonds. The summed E-state index contributed by atoms with van der Waals surface area (Å²) in [7, 11) is 1.31. The maximum Gasteiger partial charge on any atom is 0.343 e. The van der Waals surface area contributed by atoms with Gasteiger partial charge in [0.15, 0.2) is 5.75 Å². The zero-order valence-electron chi connectivity index (χ0n) is 6.74. The molecule has 0 saturated heterocycles. The Bertz CT molecular complexity index is 348. The number of carboxylic acids is 1. The molecule has 1 rings (SSSR count). The number of aromatic carboxylic acids is 1. The Kier molecular flexibility index (Phi) is 2.63. The van der Waals surface area contributed by atoms with E-state index in [2.05, 4.69) is 0 Å². The standard InChI is InChI=1S/C8H7ClO4/c1-13-5-3-2-4(9)7(10)6(5)8(11)12/h2-3,10H,1H3,(H,11,12). The van der Waals surface area contributed by atoms with Crippen LogP contribution in [0.3, 0.4) is 0 Å². The number of benzene rings is 1. The summed E-state index contributed by atoms with van der Waals surface area (Å²) in [5.41, 5.74) is -0.324. The van der Waals surface area contributed by atoms with Crippen molar-refractivity contribution in [1.82, 2.24) is 0 Å². The lowest BCUT2D eigenvalue weighted by Gasteiger charge is -2.07. The summed E-state index contributed by atoms with van der Waals surface area (Å²) in [5.74, 6) is -1.68. The number of hydrogen-bond donors (Lipinski definition) is 2. The van der Waals surface area contributed by atoms with Gasteiger partial charge in [-0.1, -0.05) is 11.6 Å². The summed E-state index contributed by atoms with van der Waals surface area (Å²) in [4.78, 5) is 10.7. The number of phenols is 1. The van der Waals surface area contributed by atoms with Crippen molar-refractivity contribution >= 4 is 17.6 Å². The molecule has 0 spiro atoms. The first-order valence-corrected chi connectivity index (χ1v) is 3.74. The smallest absolute Gasteiger partial charge is 0.343 e. The van der Waals surface area contributed by atoms with Gasteiger partial charge < -0.3 is 14.9 Å². The summed E-state index contributed by atoms with van der Waals surface area (Å²) in [6.45, 7) is 0. The van der Waals surface area contributed by atoms with Crippen LogP contribution in [0.15, 0.2) is 12.1 Å². The first-order chi connectivity index (χ1) is 6.07. The van der Waals surface area contributed by atoms with Crippen molar-refractivity contribution in [3.05, 3.63) is 22.7 Å². The number of methoxy groups -OCH3 is 1. The molecule has 0 aliphatic heterocycles. The molecule has 13 heavy (non-hydrogen) atoms. The number of aromatic hydroxyl groups is 1. The Hall–Kier alpha value is -1.42. The minimum atomic E-state index is -1.28. The largest absolute Gasteiger partial charge is 0.505 e. The van der Waals surface area contributed by atoms with Crippen molar-refractivity contribution in [1.29, 1.82) is 0 Å². The van der Waals surface area contributed by atoms with Gasteiger partial charge in [-0.25, -0.2) is 4.79 Å². The summed E-state index contributed by atoms with van der Waals surface area (Å²) in [5, 5.41) is 18.0. The molecule has 0 saturated carbocycles. The molecule has 1 aromatic carbocycles. The molecule has 4 nitrogen and oxygen atoms in total. The molecule has 2 N–H and O–H groups in total. The van der Waals surface area contributed by atoms with Crippen LogP contribution in [0.5, 0.6) is 11.5 Å². The fourth-order valence-electron chi connectivity index (χ4n) is 0.924. The molecule has 0 unspecified atom stereocenters. The van der Waals surface area contributed by atoms with Gasteiger partial charge in [-0.15, -0.1) is 0 Å². The molecule has 0 atom stereocenters. The van der Waals surface area contributed by atoms with Crippen LogP contribution in [-0.4, -0.2) is 23.3 Å². The number of ether oxygens (including phenoxy) is 1. The van der Waals surface area contributed by atoms with E-state index in [-0.39, 0.29) is 16.3 Å². The number of carbonyl (C=O) groups is 1. The molecule has 0 fully saturated rings. The van der Waals surface area contributed by atoms with E-state index in [0.717, 1.165) is 0 Å². The SMILES string of the molecule is COc1ccc(Cl)c(O)c1C(=O)O. The second-order valence-corrected chi connectivity index (χ2v) is 2.69. The maximum atomic E-state index is 10.7. The van der Waals surface area contributed by atoms with E-state index in [9.17, 15) is 9.90 Å². The van der Waals surface area contributed by atoms with E-state index < -0.39 is 11.7 Å². The highest BCUT2D eigenvalue weighted by atomic mass is 35.5. The predicted molar refractivity (Wildman–Crippen MR) is 46.6 cm³/mol. The molecule has 0 radical (unpaired) electrons. The zero-order chi connectivity index (χ0) is 10.0. The maximum absolute atomic E-state index is 10.7. The molecule has 5 heteroatoms. The van der Waals surface area contributed by atoms with Crippen LogP contribution >= 0.6 is 11.6 Å². The van der Waals surface area contributed by atoms with E-state index in [1.54, 1.807) is 0 Å². The van der Waals surface area contributed by atoms with E-state index in [0.29, 0.717) is 0 Å². The third-order valence-electron chi connectivity index (χ3n) is 1.52. The first kappa shape index (κ1) is 9.67. The van der Waals surface area contributed by atoms with Crippen LogP contribution < -0.4 is 4.74 Å². The Morgan fingerprint density at radius 2 is 2.15 bits per heavy atom. The fraction of sp³-hybridized carbons (Fsp3) is 0.125. The lowest BCUT2D eigenvalue weighted by molar-refractivity contribution is 0.0690. The summed E-state index contributed by atoms with van der Waals surface area (Å²) >= 11 is 5.52. The van der Waals surface area contributed by atoms with Crippen molar-refractivity contribution in [2.45, 2.75) is 0 Å². The van der Waals surface area contributed by atoms with E-state index >= 15 is 0 Å². The summed E-state index contributed by atoms with van der Waals surface area (Å²) in [6.07, 6.45) is 0. The zero-order valence-corrected chi connectivity index (χ0v) is 7.50.